The number of thiophene rings is 1. The highest BCUT2D eigenvalue weighted by Gasteiger charge is 2.25. The number of hydrogen-bond acceptors (Lipinski definition) is 3. The molecule has 1 aliphatic rings. The Labute approximate surface area is 175 Å². The van der Waals surface area contributed by atoms with Crippen LogP contribution in [0.15, 0.2) is 41.0 Å². The number of furan rings is 1. The smallest absolute Gasteiger partial charge is 0.142 e. The number of nitrogens with zero attached hydrogens (tertiary/aromatic N) is 1. The number of halogens is 3. The molecule has 1 atom stereocenters. The Morgan fingerprint density at radius 2 is 2.04 bits per heavy atom. The topological polar surface area (TPSA) is 26.0 Å². The zero-order chi connectivity index (χ0) is 19.4. The van der Waals surface area contributed by atoms with Gasteiger partial charge in [-0.15, -0.1) is 11.3 Å². The highest BCUT2D eigenvalue weighted by atomic mass is 35.5. The van der Waals surface area contributed by atoms with Gasteiger partial charge in [0, 0.05) is 21.4 Å². The van der Waals surface area contributed by atoms with E-state index in [1.807, 2.05) is 18.2 Å². The number of hydrogen-bond donors (Lipinski definition) is 0. The van der Waals surface area contributed by atoms with Crippen molar-refractivity contribution in [3.05, 3.63) is 62.9 Å². The van der Waals surface area contributed by atoms with E-state index in [0.29, 0.717) is 22.2 Å². The van der Waals surface area contributed by atoms with Gasteiger partial charge in [0.05, 0.1) is 22.0 Å². The molecule has 1 aliphatic carbocycles. The van der Waals surface area contributed by atoms with Crippen LogP contribution in [0.5, 0.6) is 0 Å². The first kappa shape index (κ1) is 18.2. The van der Waals surface area contributed by atoms with Crippen molar-refractivity contribution < 1.29 is 8.81 Å². The van der Waals surface area contributed by atoms with Crippen molar-refractivity contribution in [1.82, 2.24) is 4.98 Å². The number of fused-ring (bicyclic) bond motifs is 3. The summed E-state index contributed by atoms with van der Waals surface area (Å²) in [7, 11) is 0. The Hall–Kier alpha value is -1.88. The van der Waals surface area contributed by atoms with E-state index in [9.17, 15) is 4.39 Å². The maximum atomic E-state index is 14.1. The Morgan fingerprint density at radius 3 is 2.82 bits per heavy atom. The van der Waals surface area contributed by atoms with E-state index in [1.165, 1.54) is 29.0 Å². The fraction of sp³-hybridized carbons (Fsp3) is 0.227. The molecule has 0 spiro atoms. The standard InChI is InChI=1S/C22H16Cl2FNOS/c1-11-4-5-12-20(7-11)28-22-21(12)14(19-3-2-6-27-19)9-18(26-22)13-8-17(25)16(24)10-15(13)23/h2-3,6,8-11H,4-5,7H2,1H3. The average molecular weight is 432 g/mol. The largest absolute Gasteiger partial charge is 0.464 e. The summed E-state index contributed by atoms with van der Waals surface area (Å²) in [6.45, 7) is 2.29. The summed E-state index contributed by atoms with van der Waals surface area (Å²) >= 11 is 14.0. The number of aromatic nitrogens is 1. The van der Waals surface area contributed by atoms with E-state index in [-0.39, 0.29) is 5.02 Å². The molecule has 142 valence electrons. The Balaban J connectivity index is 1.80. The summed E-state index contributed by atoms with van der Waals surface area (Å²) in [6, 6.07) is 8.53. The minimum atomic E-state index is -0.512. The monoisotopic (exact) mass is 431 g/mol. The minimum absolute atomic E-state index is 0.00154. The van der Waals surface area contributed by atoms with E-state index < -0.39 is 5.82 Å². The first-order chi connectivity index (χ1) is 13.5. The molecule has 28 heavy (non-hydrogen) atoms. The normalized spacial score (nSPS) is 16.5. The molecule has 3 aromatic heterocycles. The zero-order valence-corrected chi connectivity index (χ0v) is 17.4. The van der Waals surface area contributed by atoms with Gasteiger partial charge in [0.15, 0.2) is 0 Å². The summed E-state index contributed by atoms with van der Waals surface area (Å²) < 4.78 is 19.8. The lowest BCUT2D eigenvalue weighted by molar-refractivity contribution is 0.509. The molecule has 0 N–H and O–H groups in total. The van der Waals surface area contributed by atoms with Gasteiger partial charge in [0.25, 0.3) is 0 Å². The van der Waals surface area contributed by atoms with Gasteiger partial charge >= 0.3 is 0 Å². The van der Waals surface area contributed by atoms with Crippen LogP contribution in [-0.2, 0) is 12.8 Å². The van der Waals surface area contributed by atoms with Gasteiger partial charge in [0.2, 0.25) is 0 Å². The van der Waals surface area contributed by atoms with Crippen LogP contribution in [0.2, 0.25) is 10.0 Å². The van der Waals surface area contributed by atoms with E-state index in [2.05, 4.69) is 6.92 Å². The van der Waals surface area contributed by atoms with Crippen molar-refractivity contribution in [3.63, 3.8) is 0 Å². The molecule has 3 heterocycles. The third kappa shape index (κ3) is 2.95. The van der Waals surface area contributed by atoms with Crippen LogP contribution in [0, 0.1) is 11.7 Å². The van der Waals surface area contributed by atoms with Crippen LogP contribution in [-0.4, -0.2) is 4.98 Å². The molecule has 1 aromatic carbocycles. The van der Waals surface area contributed by atoms with Crippen LogP contribution in [0.1, 0.15) is 23.8 Å². The minimum Gasteiger partial charge on any atom is -0.464 e. The predicted molar refractivity (Wildman–Crippen MR) is 114 cm³/mol. The van der Waals surface area contributed by atoms with Gasteiger partial charge in [-0.05, 0) is 61.1 Å². The van der Waals surface area contributed by atoms with Crippen molar-refractivity contribution in [2.24, 2.45) is 5.92 Å². The molecule has 0 radical (unpaired) electrons. The lowest BCUT2D eigenvalue weighted by atomic mass is 9.88. The number of pyridine rings is 1. The summed E-state index contributed by atoms with van der Waals surface area (Å²) in [5.74, 6) is 0.937. The maximum absolute atomic E-state index is 14.1. The molecule has 1 unspecified atom stereocenters. The van der Waals surface area contributed by atoms with Crippen molar-refractivity contribution in [2.45, 2.75) is 26.2 Å². The van der Waals surface area contributed by atoms with Crippen molar-refractivity contribution >= 4 is 44.8 Å². The highest BCUT2D eigenvalue weighted by Crippen LogP contribution is 2.44. The summed E-state index contributed by atoms with van der Waals surface area (Å²) in [5.41, 5.74) is 3.49. The number of benzene rings is 1. The molecule has 6 heteroatoms. The summed E-state index contributed by atoms with van der Waals surface area (Å²) in [6.07, 6.45) is 4.95. The fourth-order valence-electron chi connectivity index (χ4n) is 3.93. The van der Waals surface area contributed by atoms with Gasteiger partial charge in [-0.3, -0.25) is 0 Å². The Bertz CT molecular complexity index is 1200. The Kier molecular flexibility index (Phi) is 4.46. The SMILES string of the molecule is CC1CCc2c(sc3nc(-c4cc(F)c(Cl)cc4Cl)cc(-c4ccco4)c23)C1. The number of aryl methyl sites for hydroxylation is 1. The third-order valence-corrected chi connectivity index (χ3v) is 7.09. The molecule has 4 aromatic rings. The first-order valence-electron chi connectivity index (χ1n) is 9.15. The van der Waals surface area contributed by atoms with Gasteiger partial charge in [-0.2, -0.15) is 0 Å². The molecular weight excluding hydrogens is 416 g/mol. The van der Waals surface area contributed by atoms with E-state index in [1.54, 1.807) is 17.6 Å². The highest BCUT2D eigenvalue weighted by molar-refractivity contribution is 7.19. The molecule has 5 rings (SSSR count). The van der Waals surface area contributed by atoms with Crippen LogP contribution < -0.4 is 0 Å². The summed E-state index contributed by atoms with van der Waals surface area (Å²) in [5, 5.41) is 1.52. The second-order valence-electron chi connectivity index (χ2n) is 7.31. The first-order valence-corrected chi connectivity index (χ1v) is 10.7. The van der Waals surface area contributed by atoms with Crippen molar-refractivity contribution in [3.8, 4) is 22.6 Å². The molecule has 0 bridgehead atoms. The third-order valence-electron chi connectivity index (χ3n) is 5.34. The van der Waals surface area contributed by atoms with Crippen LogP contribution in [0.4, 0.5) is 4.39 Å². The van der Waals surface area contributed by atoms with Gasteiger partial charge in [0.1, 0.15) is 16.4 Å². The molecule has 0 amide bonds. The second-order valence-corrected chi connectivity index (χ2v) is 9.21. The van der Waals surface area contributed by atoms with E-state index in [4.69, 9.17) is 32.6 Å². The molecule has 0 fully saturated rings. The second kappa shape index (κ2) is 6.87. The van der Waals surface area contributed by atoms with Gasteiger partial charge in [-0.25, -0.2) is 9.37 Å². The Morgan fingerprint density at radius 1 is 1.18 bits per heavy atom. The van der Waals surface area contributed by atoms with Crippen LogP contribution >= 0.6 is 34.5 Å². The zero-order valence-electron chi connectivity index (χ0n) is 15.1. The molecule has 0 saturated heterocycles. The maximum Gasteiger partial charge on any atom is 0.142 e. The van der Waals surface area contributed by atoms with Crippen LogP contribution in [0.3, 0.4) is 0 Å². The van der Waals surface area contributed by atoms with Crippen LogP contribution in [0.25, 0.3) is 32.8 Å². The lowest BCUT2D eigenvalue weighted by Gasteiger charge is -2.18. The van der Waals surface area contributed by atoms with E-state index in [0.717, 1.165) is 34.4 Å². The predicted octanol–water partition coefficient (Wildman–Crippen LogP) is 7.79. The number of rotatable bonds is 2. The van der Waals surface area contributed by atoms with E-state index >= 15 is 0 Å². The quantitative estimate of drug-likeness (QED) is 0.302. The average Bonchev–Trinajstić information content (AvgIpc) is 3.31. The van der Waals surface area contributed by atoms with Gasteiger partial charge < -0.3 is 4.42 Å². The molecule has 2 nitrogen and oxygen atoms in total. The fourth-order valence-corrected chi connectivity index (χ4v) is 5.81. The van der Waals surface area contributed by atoms with Gasteiger partial charge in [-0.1, -0.05) is 30.1 Å². The van der Waals surface area contributed by atoms with Crippen molar-refractivity contribution in [1.29, 1.82) is 0 Å². The molecule has 0 saturated carbocycles. The molecular formula is C22H16Cl2FNOS. The lowest BCUT2D eigenvalue weighted by Crippen LogP contribution is -2.08. The molecule has 0 aliphatic heterocycles. The summed E-state index contributed by atoms with van der Waals surface area (Å²) in [4.78, 5) is 7.19. The van der Waals surface area contributed by atoms with Crippen molar-refractivity contribution in [2.75, 3.05) is 0 Å².